The molecule has 2 N–H and O–H groups in total. The number of nitrogens with zero attached hydrogens (tertiary/aromatic N) is 3. The number of thioether (sulfide) groups is 1. The Bertz CT molecular complexity index is 1470. The molecule has 1 amide bonds. The van der Waals surface area contributed by atoms with Crippen molar-refractivity contribution >= 4 is 39.1 Å². The van der Waals surface area contributed by atoms with E-state index in [9.17, 15) is 13.2 Å². The van der Waals surface area contributed by atoms with Crippen LogP contribution >= 0.6 is 11.8 Å². The standard InChI is InChI=1S/C26H27N5O4S2/c1-4-35-22-13-11-20(12-14-22)27-24(32)17-36-26-29-28-25(31(26)3)19-7-9-21(10-8-19)30-37(33,34)23-15-5-18(2)6-16-23/h5-16,30H,4,17H2,1-3H3,(H,27,32). The van der Waals surface area contributed by atoms with E-state index in [1.165, 1.54) is 11.8 Å². The van der Waals surface area contributed by atoms with E-state index in [0.717, 1.165) is 16.9 Å². The highest BCUT2D eigenvalue weighted by Crippen LogP contribution is 2.25. The first-order chi connectivity index (χ1) is 17.7. The average molecular weight is 538 g/mol. The van der Waals surface area contributed by atoms with Gasteiger partial charge in [0, 0.05) is 24.0 Å². The summed E-state index contributed by atoms with van der Waals surface area (Å²) in [6.45, 7) is 4.40. The minimum absolute atomic E-state index is 0.163. The molecule has 3 aromatic carbocycles. The number of ether oxygens (including phenoxy) is 1. The van der Waals surface area contributed by atoms with E-state index in [-0.39, 0.29) is 16.6 Å². The van der Waals surface area contributed by atoms with Gasteiger partial charge in [-0.1, -0.05) is 29.5 Å². The third kappa shape index (κ3) is 6.69. The van der Waals surface area contributed by atoms with Gasteiger partial charge in [0.2, 0.25) is 5.91 Å². The van der Waals surface area contributed by atoms with Gasteiger partial charge in [0.15, 0.2) is 11.0 Å². The number of carbonyl (C=O) groups is 1. The summed E-state index contributed by atoms with van der Waals surface area (Å²) in [6, 6.07) is 20.7. The van der Waals surface area contributed by atoms with Gasteiger partial charge in [0.1, 0.15) is 5.75 Å². The van der Waals surface area contributed by atoms with Gasteiger partial charge in [-0.25, -0.2) is 8.42 Å². The average Bonchev–Trinajstić information content (AvgIpc) is 3.25. The van der Waals surface area contributed by atoms with Crippen molar-refractivity contribution < 1.29 is 17.9 Å². The number of hydrogen-bond acceptors (Lipinski definition) is 7. The van der Waals surface area contributed by atoms with Gasteiger partial charge in [-0.3, -0.25) is 9.52 Å². The maximum absolute atomic E-state index is 12.6. The number of hydrogen-bond donors (Lipinski definition) is 2. The van der Waals surface area contributed by atoms with Crippen LogP contribution in [0.4, 0.5) is 11.4 Å². The number of carbonyl (C=O) groups excluding carboxylic acids is 1. The third-order valence-corrected chi connectivity index (χ3v) is 7.76. The summed E-state index contributed by atoms with van der Waals surface area (Å²) < 4.78 is 35.0. The van der Waals surface area contributed by atoms with Crippen LogP contribution in [-0.4, -0.2) is 41.4 Å². The molecule has 192 valence electrons. The first kappa shape index (κ1) is 26.2. The van der Waals surface area contributed by atoms with Crippen molar-refractivity contribution in [2.24, 2.45) is 7.05 Å². The molecule has 0 aliphatic rings. The summed E-state index contributed by atoms with van der Waals surface area (Å²) in [4.78, 5) is 12.6. The molecule has 9 nitrogen and oxygen atoms in total. The van der Waals surface area contributed by atoms with Gasteiger partial charge in [-0.15, -0.1) is 10.2 Å². The Morgan fingerprint density at radius 1 is 0.946 bits per heavy atom. The lowest BCUT2D eigenvalue weighted by molar-refractivity contribution is -0.113. The summed E-state index contributed by atoms with van der Waals surface area (Å²) in [7, 11) is -1.87. The van der Waals surface area contributed by atoms with Gasteiger partial charge in [-0.2, -0.15) is 0 Å². The minimum atomic E-state index is -3.69. The molecule has 0 aliphatic carbocycles. The highest BCUT2D eigenvalue weighted by Gasteiger charge is 2.16. The monoisotopic (exact) mass is 537 g/mol. The molecule has 4 aromatic rings. The molecular formula is C26H27N5O4S2. The number of nitrogens with one attached hydrogen (secondary N) is 2. The smallest absolute Gasteiger partial charge is 0.261 e. The van der Waals surface area contributed by atoms with Crippen LogP contribution in [0.15, 0.2) is 82.8 Å². The van der Waals surface area contributed by atoms with Crippen molar-refractivity contribution in [1.29, 1.82) is 0 Å². The van der Waals surface area contributed by atoms with Crippen LogP contribution < -0.4 is 14.8 Å². The first-order valence-corrected chi connectivity index (χ1v) is 14.0. The number of aryl methyl sites for hydroxylation is 1. The second-order valence-corrected chi connectivity index (χ2v) is 10.8. The van der Waals surface area contributed by atoms with Crippen molar-refractivity contribution in [2.45, 2.75) is 23.9 Å². The zero-order valence-corrected chi connectivity index (χ0v) is 22.3. The Morgan fingerprint density at radius 2 is 1.59 bits per heavy atom. The van der Waals surface area contributed by atoms with Crippen LogP contribution in [0.5, 0.6) is 5.75 Å². The zero-order chi connectivity index (χ0) is 26.4. The number of sulfonamides is 1. The number of aromatic nitrogens is 3. The normalized spacial score (nSPS) is 11.2. The van der Waals surface area contributed by atoms with Crippen molar-refractivity contribution in [3.63, 3.8) is 0 Å². The van der Waals surface area contributed by atoms with Crippen LogP contribution in [0, 0.1) is 6.92 Å². The van der Waals surface area contributed by atoms with E-state index in [4.69, 9.17) is 4.74 Å². The molecule has 0 aliphatic heterocycles. The Hall–Kier alpha value is -3.83. The molecule has 11 heteroatoms. The molecule has 0 spiro atoms. The Balaban J connectivity index is 1.36. The van der Waals surface area contributed by atoms with Crippen LogP contribution in [0.1, 0.15) is 12.5 Å². The van der Waals surface area contributed by atoms with Crippen LogP contribution in [0.2, 0.25) is 0 Å². The molecule has 1 aromatic heterocycles. The van der Waals surface area contributed by atoms with Crippen molar-refractivity contribution in [3.8, 4) is 17.1 Å². The van der Waals surface area contributed by atoms with Gasteiger partial charge >= 0.3 is 0 Å². The maximum atomic E-state index is 12.6. The molecular weight excluding hydrogens is 510 g/mol. The third-order valence-electron chi connectivity index (χ3n) is 5.34. The predicted octanol–water partition coefficient (Wildman–Crippen LogP) is 4.72. The molecule has 0 saturated carbocycles. The van der Waals surface area contributed by atoms with Crippen LogP contribution in [0.3, 0.4) is 0 Å². The Kier molecular flexibility index (Phi) is 8.14. The number of amides is 1. The van der Waals surface area contributed by atoms with E-state index in [1.54, 1.807) is 77.4 Å². The number of benzene rings is 3. The second kappa shape index (κ2) is 11.5. The van der Waals surface area contributed by atoms with E-state index in [0.29, 0.717) is 29.0 Å². The fourth-order valence-corrected chi connectivity index (χ4v) is 5.21. The lowest BCUT2D eigenvalue weighted by atomic mass is 10.2. The van der Waals surface area contributed by atoms with Crippen LogP contribution in [0.25, 0.3) is 11.4 Å². The highest BCUT2D eigenvalue weighted by atomic mass is 32.2. The van der Waals surface area contributed by atoms with Crippen molar-refractivity contribution in [1.82, 2.24) is 14.8 Å². The topological polar surface area (TPSA) is 115 Å². The number of rotatable bonds is 10. The van der Waals surface area contributed by atoms with Gasteiger partial charge in [-0.05, 0) is 74.5 Å². The molecule has 0 fully saturated rings. The number of anilines is 2. The van der Waals surface area contributed by atoms with E-state index >= 15 is 0 Å². The molecule has 0 bridgehead atoms. The quantitative estimate of drug-likeness (QED) is 0.281. The molecule has 0 atom stereocenters. The van der Waals surface area contributed by atoms with E-state index in [1.807, 2.05) is 20.9 Å². The summed E-state index contributed by atoms with van der Waals surface area (Å²) >= 11 is 1.27. The summed E-state index contributed by atoms with van der Waals surface area (Å²) in [5, 5.41) is 11.9. The van der Waals surface area contributed by atoms with Gasteiger partial charge in [0.05, 0.1) is 17.3 Å². The first-order valence-electron chi connectivity index (χ1n) is 11.5. The Labute approximate surface area is 220 Å². The lowest BCUT2D eigenvalue weighted by Crippen LogP contribution is -2.14. The summed E-state index contributed by atoms with van der Waals surface area (Å²) in [6.07, 6.45) is 0. The van der Waals surface area contributed by atoms with Crippen LogP contribution in [-0.2, 0) is 21.9 Å². The minimum Gasteiger partial charge on any atom is -0.494 e. The van der Waals surface area contributed by atoms with Crippen molar-refractivity contribution in [2.75, 3.05) is 22.4 Å². The molecule has 0 unspecified atom stereocenters. The zero-order valence-electron chi connectivity index (χ0n) is 20.6. The SMILES string of the molecule is CCOc1ccc(NC(=O)CSc2nnc(-c3ccc(NS(=O)(=O)c4ccc(C)cc4)cc3)n2C)cc1. The lowest BCUT2D eigenvalue weighted by Gasteiger charge is -2.09. The van der Waals surface area contributed by atoms with E-state index < -0.39 is 10.0 Å². The van der Waals surface area contributed by atoms with Gasteiger partial charge < -0.3 is 14.6 Å². The second-order valence-electron chi connectivity index (χ2n) is 8.16. The Morgan fingerprint density at radius 3 is 2.24 bits per heavy atom. The molecule has 0 saturated heterocycles. The molecule has 1 heterocycles. The van der Waals surface area contributed by atoms with Crippen molar-refractivity contribution in [3.05, 3.63) is 78.4 Å². The largest absolute Gasteiger partial charge is 0.494 e. The predicted molar refractivity (Wildman–Crippen MR) is 145 cm³/mol. The highest BCUT2D eigenvalue weighted by molar-refractivity contribution is 7.99. The van der Waals surface area contributed by atoms with Gasteiger partial charge in [0.25, 0.3) is 10.0 Å². The maximum Gasteiger partial charge on any atom is 0.261 e. The fourth-order valence-electron chi connectivity index (χ4n) is 3.44. The van der Waals surface area contributed by atoms with E-state index in [2.05, 4.69) is 20.2 Å². The fraction of sp³-hybridized carbons (Fsp3) is 0.192. The summed E-state index contributed by atoms with van der Waals surface area (Å²) in [5.74, 6) is 1.35. The molecule has 4 rings (SSSR count). The molecule has 37 heavy (non-hydrogen) atoms. The summed E-state index contributed by atoms with van der Waals surface area (Å²) in [5.41, 5.74) is 2.87. The molecule has 0 radical (unpaired) electrons.